The van der Waals surface area contributed by atoms with E-state index in [4.69, 9.17) is 0 Å². The second kappa shape index (κ2) is 15.5. The minimum Gasteiger partial charge on any atom is -0.311 e. The van der Waals surface area contributed by atoms with Crippen LogP contribution in [0.1, 0.15) is 0 Å². The van der Waals surface area contributed by atoms with Crippen molar-refractivity contribution in [3.63, 3.8) is 0 Å². The van der Waals surface area contributed by atoms with Crippen molar-refractivity contribution in [2.75, 3.05) is 4.90 Å². The average Bonchev–Trinajstić information content (AvgIpc) is 3.92. The molecule has 0 atom stereocenters. The Morgan fingerprint density at radius 1 is 0.333 bits per heavy atom. The summed E-state index contributed by atoms with van der Waals surface area (Å²) in [6.45, 7) is 0. The third-order valence-corrected chi connectivity index (χ3v) is 13.6. The van der Waals surface area contributed by atoms with Crippen LogP contribution in [0, 0.1) is 0 Å². The lowest BCUT2D eigenvalue weighted by Gasteiger charge is -2.26. The monoisotopic (exact) mass is 820 g/mol. The van der Waals surface area contributed by atoms with E-state index in [0.717, 1.165) is 22.7 Å². The molecule has 0 aliphatic carbocycles. The fourth-order valence-corrected chi connectivity index (χ4v) is 10.6. The number of benzene rings is 10. The molecule has 0 fully saturated rings. The smallest absolute Gasteiger partial charge is 0.0634 e. The number of fused-ring (bicyclic) bond motifs is 7. The molecule has 0 saturated heterocycles. The molecule has 0 bridgehead atoms. The molecule has 12 rings (SSSR count). The second-order valence-corrected chi connectivity index (χ2v) is 17.1. The normalized spacial score (nSPS) is 11.5. The highest BCUT2D eigenvalue weighted by atomic mass is 32.1. The Balaban J connectivity index is 1.01. The molecule has 0 radical (unpaired) electrons. The number of para-hydroxylation sites is 1. The lowest BCUT2D eigenvalue weighted by Crippen LogP contribution is -2.09. The van der Waals surface area contributed by atoms with Gasteiger partial charge in [0, 0.05) is 59.3 Å². The van der Waals surface area contributed by atoms with Crippen LogP contribution in [0.3, 0.4) is 0 Å². The number of aromatic nitrogens is 1. The van der Waals surface area contributed by atoms with Gasteiger partial charge < -0.3 is 9.47 Å². The van der Waals surface area contributed by atoms with Gasteiger partial charge in [-0.05, 0) is 106 Å². The van der Waals surface area contributed by atoms with Crippen LogP contribution in [0.4, 0.5) is 17.1 Å². The van der Waals surface area contributed by atoms with E-state index in [1.165, 1.54) is 86.5 Å². The summed E-state index contributed by atoms with van der Waals surface area (Å²) >= 11 is 1.89. The van der Waals surface area contributed by atoms with Gasteiger partial charge in [-0.2, -0.15) is 0 Å². The molecule has 2 nitrogen and oxygen atoms in total. The van der Waals surface area contributed by atoms with Crippen molar-refractivity contribution in [1.82, 2.24) is 4.57 Å². The first-order chi connectivity index (χ1) is 31.2. The Bertz CT molecular complexity index is 3470. The van der Waals surface area contributed by atoms with Gasteiger partial charge >= 0.3 is 0 Å². The van der Waals surface area contributed by atoms with Crippen molar-refractivity contribution in [2.24, 2.45) is 0 Å². The van der Waals surface area contributed by atoms with Crippen molar-refractivity contribution in [3.8, 4) is 50.2 Å². The number of thiophene rings is 1. The van der Waals surface area contributed by atoms with Crippen LogP contribution in [0.15, 0.2) is 243 Å². The molecule has 0 amide bonds. The van der Waals surface area contributed by atoms with E-state index in [-0.39, 0.29) is 0 Å². The molecule has 0 unspecified atom stereocenters. The molecule has 0 saturated carbocycles. The fraction of sp³-hybridized carbons (Fsp3) is 0. The van der Waals surface area contributed by atoms with Gasteiger partial charge in [-0.15, -0.1) is 11.3 Å². The van der Waals surface area contributed by atoms with E-state index in [1.54, 1.807) is 0 Å². The van der Waals surface area contributed by atoms with Gasteiger partial charge in [0.2, 0.25) is 0 Å². The van der Waals surface area contributed by atoms with Crippen LogP contribution in [0.2, 0.25) is 0 Å². The summed E-state index contributed by atoms with van der Waals surface area (Å²) in [6, 6.07) is 88.1. The van der Waals surface area contributed by atoms with Crippen LogP contribution < -0.4 is 4.90 Å². The molecular formula is C60H40N2S. The molecule has 63 heavy (non-hydrogen) atoms. The lowest BCUT2D eigenvalue weighted by atomic mass is 9.98. The summed E-state index contributed by atoms with van der Waals surface area (Å²) in [5.74, 6) is 0. The maximum Gasteiger partial charge on any atom is 0.0634 e. The quantitative estimate of drug-likeness (QED) is 0.148. The van der Waals surface area contributed by atoms with E-state index in [9.17, 15) is 0 Å². The van der Waals surface area contributed by atoms with Crippen LogP contribution in [-0.4, -0.2) is 4.57 Å². The van der Waals surface area contributed by atoms with E-state index < -0.39 is 0 Å². The van der Waals surface area contributed by atoms with Gasteiger partial charge in [-0.1, -0.05) is 176 Å². The number of nitrogens with zero attached hydrogens (tertiary/aromatic N) is 2. The third kappa shape index (κ3) is 6.50. The Hall–Kier alpha value is -7.98. The Morgan fingerprint density at radius 2 is 0.746 bits per heavy atom. The van der Waals surface area contributed by atoms with Gasteiger partial charge in [-0.3, -0.25) is 0 Å². The summed E-state index contributed by atoms with van der Waals surface area (Å²) in [5.41, 5.74) is 16.6. The van der Waals surface area contributed by atoms with Gasteiger partial charge in [0.25, 0.3) is 0 Å². The largest absolute Gasteiger partial charge is 0.311 e. The maximum absolute atomic E-state index is 2.48. The SMILES string of the molecule is c1ccc(-c2ccc(N(c3ccc(-c4ccccc4)cc3)c3ccc(-c4cc5c6ccccc6n(-c6ccc(-c7ccccc7)cc6)c5c5c4sc4ccccc45)cc3)cc2)cc1. The fourth-order valence-electron chi connectivity index (χ4n) is 9.36. The number of hydrogen-bond acceptors (Lipinski definition) is 2. The molecule has 2 heterocycles. The van der Waals surface area contributed by atoms with Crippen LogP contribution in [0.25, 0.3) is 92.2 Å². The van der Waals surface area contributed by atoms with E-state index in [1.807, 2.05) is 11.3 Å². The zero-order valence-electron chi connectivity index (χ0n) is 34.4. The molecule has 2 aromatic heterocycles. The molecular weight excluding hydrogens is 781 g/mol. The highest BCUT2D eigenvalue weighted by Gasteiger charge is 2.22. The lowest BCUT2D eigenvalue weighted by molar-refractivity contribution is 1.19. The van der Waals surface area contributed by atoms with Gasteiger partial charge in [0.05, 0.1) is 11.0 Å². The predicted molar refractivity (Wildman–Crippen MR) is 270 cm³/mol. The first-order valence-electron chi connectivity index (χ1n) is 21.5. The summed E-state index contributed by atoms with van der Waals surface area (Å²) in [7, 11) is 0. The second-order valence-electron chi connectivity index (χ2n) is 16.1. The average molecular weight is 821 g/mol. The first kappa shape index (κ1) is 36.8. The molecule has 296 valence electrons. The van der Waals surface area contributed by atoms with Crippen LogP contribution in [0.5, 0.6) is 0 Å². The molecule has 10 aromatic carbocycles. The molecule has 0 spiro atoms. The number of rotatable bonds is 8. The summed E-state index contributed by atoms with van der Waals surface area (Å²) in [5, 5.41) is 5.09. The molecule has 0 aliphatic heterocycles. The summed E-state index contributed by atoms with van der Waals surface area (Å²) in [6.07, 6.45) is 0. The van der Waals surface area contributed by atoms with E-state index in [0.29, 0.717) is 0 Å². The van der Waals surface area contributed by atoms with Gasteiger partial charge in [0.1, 0.15) is 0 Å². The number of anilines is 3. The van der Waals surface area contributed by atoms with Crippen molar-refractivity contribution in [1.29, 1.82) is 0 Å². The number of hydrogen-bond donors (Lipinski definition) is 0. The molecule has 0 N–H and O–H groups in total. The Morgan fingerprint density at radius 3 is 1.27 bits per heavy atom. The van der Waals surface area contributed by atoms with E-state index >= 15 is 0 Å². The van der Waals surface area contributed by atoms with Crippen molar-refractivity contribution >= 4 is 70.4 Å². The highest BCUT2D eigenvalue weighted by molar-refractivity contribution is 7.26. The van der Waals surface area contributed by atoms with Crippen LogP contribution in [-0.2, 0) is 0 Å². The predicted octanol–water partition coefficient (Wildman–Crippen LogP) is 17.3. The van der Waals surface area contributed by atoms with Crippen molar-refractivity contribution in [3.05, 3.63) is 243 Å². The third-order valence-electron chi connectivity index (χ3n) is 12.4. The molecule has 3 heteroatoms. The maximum atomic E-state index is 2.48. The zero-order chi connectivity index (χ0) is 41.7. The summed E-state index contributed by atoms with van der Waals surface area (Å²) < 4.78 is 5.07. The van der Waals surface area contributed by atoms with Gasteiger partial charge in [0.15, 0.2) is 0 Å². The standard InChI is InChI=1S/C60H40N2S/c1-4-14-41(15-5-1)44-24-32-48(33-25-44)61(49-34-26-45(27-35-49)42-16-6-2-7-17-42)50-38-30-47(31-39-50)54-40-55-52-20-10-12-22-56(52)62(51-36-28-46(29-37-51)43-18-8-3-9-19-43)59(55)58-53-21-11-13-23-57(53)63-60(54)58/h1-40H. The van der Waals surface area contributed by atoms with E-state index in [2.05, 4.69) is 252 Å². The Kier molecular flexibility index (Phi) is 9.06. The van der Waals surface area contributed by atoms with Gasteiger partial charge in [-0.25, -0.2) is 0 Å². The first-order valence-corrected chi connectivity index (χ1v) is 22.3. The zero-order valence-corrected chi connectivity index (χ0v) is 35.2. The molecule has 12 aromatic rings. The van der Waals surface area contributed by atoms with Crippen molar-refractivity contribution < 1.29 is 0 Å². The Labute approximate surface area is 370 Å². The molecule has 0 aliphatic rings. The minimum atomic E-state index is 1.10. The topological polar surface area (TPSA) is 8.17 Å². The van der Waals surface area contributed by atoms with Crippen molar-refractivity contribution in [2.45, 2.75) is 0 Å². The summed E-state index contributed by atoms with van der Waals surface area (Å²) in [4.78, 5) is 2.36. The highest BCUT2D eigenvalue weighted by Crippen LogP contribution is 2.48. The minimum absolute atomic E-state index is 1.10. The van der Waals surface area contributed by atoms with Crippen LogP contribution >= 0.6 is 11.3 Å².